The monoisotopic (exact) mass is 210 g/mol. The first-order valence-electron chi connectivity index (χ1n) is 4.78. The molecule has 1 aromatic carbocycles. The molecule has 0 aliphatic rings. The maximum atomic E-state index is 13.6. The number of benzene rings is 1. The molecule has 0 bridgehead atoms. The zero-order valence-corrected chi connectivity index (χ0v) is 8.96. The van der Waals surface area contributed by atoms with E-state index in [9.17, 15) is 9.18 Å². The van der Waals surface area contributed by atoms with Gasteiger partial charge in [-0.05, 0) is 18.6 Å². The Labute approximate surface area is 88.7 Å². The molecule has 1 aromatic rings. The Morgan fingerprint density at radius 3 is 2.80 bits per heavy atom. The van der Waals surface area contributed by atoms with Crippen molar-refractivity contribution in [3.05, 3.63) is 35.1 Å². The summed E-state index contributed by atoms with van der Waals surface area (Å²) < 4.78 is 13.6. The quantitative estimate of drug-likeness (QED) is 0.813. The summed E-state index contributed by atoms with van der Waals surface area (Å²) in [5.41, 5.74) is 5.90. The average Bonchev–Trinajstić information content (AvgIpc) is 2.21. The number of likely N-dealkylation sites (N-methyl/N-ethyl adjacent to an activating group) is 1. The number of hydrogen-bond acceptors (Lipinski definition) is 2. The minimum atomic E-state index is -0.452. The Bertz CT molecular complexity index is 366. The number of halogens is 1. The minimum Gasteiger partial charge on any atom is -0.340 e. The van der Waals surface area contributed by atoms with Gasteiger partial charge >= 0.3 is 0 Å². The van der Waals surface area contributed by atoms with E-state index in [1.807, 2.05) is 0 Å². The number of rotatable bonds is 3. The number of aryl methyl sites for hydroxylation is 1. The maximum Gasteiger partial charge on any atom is 0.256 e. The SMILES string of the molecule is Cc1cccc(C(=O)N(C)CCN)c1F. The third kappa shape index (κ3) is 2.53. The lowest BCUT2D eigenvalue weighted by atomic mass is 10.1. The number of nitrogens with two attached hydrogens (primary N) is 1. The third-order valence-electron chi connectivity index (χ3n) is 2.23. The van der Waals surface area contributed by atoms with E-state index in [0.717, 1.165) is 0 Å². The van der Waals surface area contributed by atoms with Crippen LogP contribution in [0.1, 0.15) is 15.9 Å². The molecule has 1 rings (SSSR count). The van der Waals surface area contributed by atoms with Gasteiger partial charge in [0.25, 0.3) is 5.91 Å². The Balaban J connectivity index is 2.96. The normalized spacial score (nSPS) is 10.1. The van der Waals surface area contributed by atoms with Crippen molar-refractivity contribution in [1.82, 2.24) is 4.90 Å². The van der Waals surface area contributed by atoms with Crippen molar-refractivity contribution in [3.8, 4) is 0 Å². The summed E-state index contributed by atoms with van der Waals surface area (Å²) in [6, 6.07) is 4.79. The lowest BCUT2D eigenvalue weighted by molar-refractivity contribution is 0.0794. The molecule has 0 saturated carbocycles. The van der Waals surface area contributed by atoms with Crippen molar-refractivity contribution >= 4 is 5.91 Å². The fraction of sp³-hybridized carbons (Fsp3) is 0.364. The average molecular weight is 210 g/mol. The molecule has 4 heteroatoms. The first kappa shape index (κ1) is 11.7. The molecular weight excluding hydrogens is 195 g/mol. The van der Waals surface area contributed by atoms with Crippen LogP contribution in [-0.2, 0) is 0 Å². The summed E-state index contributed by atoms with van der Waals surface area (Å²) in [5.74, 6) is -0.784. The highest BCUT2D eigenvalue weighted by Gasteiger charge is 2.16. The Hall–Kier alpha value is -1.42. The molecule has 0 saturated heterocycles. The van der Waals surface area contributed by atoms with E-state index in [1.54, 1.807) is 26.1 Å². The van der Waals surface area contributed by atoms with Gasteiger partial charge in [-0.2, -0.15) is 0 Å². The third-order valence-corrected chi connectivity index (χ3v) is 2.23. The molecule has 0 spiro atoms. The van der Waals surface area contributed by atoms with Crippen LogP contribution in [0.15, 0.2) is 18.2 Å². The summed E-state index contributed by atoms with van der Waals surface area (Å²) >= 11 is 0. The molecule has 0 radical (unpaired) electrons. The van der Waals surface area contributed by atoms with Gasteiger partial charge in [-0.25, -0.2) is 4.39 Å². The fourth-order valence-corrected chi connectivity index (χ4v) is 1.31. The van der Waals surface area contributed by atoms with Crippen molar-refractivity contribution in [2.75, 3.05) is 20.1 Å². The van der Waals surface area contributed by atoms with Crippen LogP contribution in [0.4, 0.5) is 4.39 Å². The zero-order valence-electron chi connectivity index (χ0n) is 8.96. The van der Waals surface area contributed by atoms with Gasteiger partial charge in [0, 0.05) is 20.1 Å². The van der Waals surface area contributed by atoms with Crippen molar-refractivity contribution in [3.63, 3.8) is 0 Å². The fourth-order valence-electron chi connectivity index (χ4n) is 1.31. The van der Waals surface area contributed by atoms with E-state index in [1.165, 1.54) is 11.0 Å². The van der Waals surface area contributed by atoms with Gasteiger partial charge < -0.3 is 10.6 Å². The van der Waals surface area contributed by atoms with Gasteiger partial charge in [0.1, 0.15) is 5.82 Å². The number of hydrogen-bond donors (Lipinski definition) is 1. The van der Waals surface area contributed by atoms with E-state index in [-0.39, 0.29) is 11.5 Å². The molecule has 15 heavy (non-hydrogen) atoms. The van der Waals surface area contributed by atoms with Crippen LogP contribution in [0.3, 0.4) is 0 Å². The van der Waals surface area contributed by atoms with Crippen LogP contribution in [0, 0.1) is 12.7 Å². The van der Waals surface area contributed by atoms with Gasteiger partial charge in [-0.3, -0.25) is 4.79 Å². The molecule has 0 aromatic heterocycles. The van der Waals surface area contributed by atoms with Crippen molar-refractivity contribution < 1.29 is 9.18 Å². The van der Waals surface area contributed by atoms with Gasteiger partial charge in [-0.1, -0.05) is 12.1 Å². The van der Waals surface area contributed by atoms with E-state index >= 15 is 0 Å². The smallest absolute Gasteiger partial charge is 0.256 e. The molecule has 0 fully saturated rings. The van der Waals surface area contributed by atoms with Crippen LogP contribution in [0.5, 0.6) is 0 Å². The zero-order chi connectivity index (χ0) is 11.4. The number of nitrogens with zero attached hydrogens (tertiary/aromatic N) is 1. The second-order valence-corrected chi connectivity index (χ2v) is 3.45. The first-order chi connectivity index (χ1) is 7.07. The Morgan fingerprint density at radius 2 is 2.20 bits per heavy atom. The van der Waals surface area contributed by atoms with Gasteiger partial charge in [0.2, 0.25) is 0 Å². The Kier molecular flexibility index (Phi) is 3.80. The summed E-state index contributed by atoms with van der Waals surface area (Å²) in [4.78, 5) is 13.2. The molecule has 0 aliphatic heterocycles. The van der Waals surface area contributed by atoms with Gasteiger partial charge in [0.05, 0.1) is 5.56 Å². The second-order valence-electron chi connectivity index (χ2n) is 3.45. The summed E-state index contributed by atoms with van der Waals surface area (Å²) in [6.45, 7) is 2.43. The predicted molar refractivity (Wildman–Crippen MR) is 57.2 cm³/mol. The molecular formula is C11H15FN2O. The van der Waals surface area contributed by atoms with E-state index in [2.05, 4.69) is 0 Å². The lowest BCUT2D eigenvalue weighted by Crippen LogP contribution is -2.32. The molecule has 0 atom stereocenters. The summed E-state index contributed by atoms with van der Waals surface area (Å²) in [6.07, 6.45) is 0. The van der Waals surface area contributed by atoms with Crippen LogP contribution >= 0.6 is 0 Å². The summed E-state index contributed by atoms with van der Waals surface area (Å²) in [7, 11) is 1.61. The molecule has 0 unspecified atom stereocenters. The molecule has 1 amide bonds. The molecule has 0 aliphatic carbocycles. The highest BCUT2D eigenvalue weighted by atomic mass is 19.1. The topological polar surface area (TPSA) is 46.3 Å². The highest BCUT2D eigenvalue weighted by Crippen LogP contribution is 2.13. The first-order valence-corrected chi connectivity index (χ1v) is 4.78. The summed E-state index contributed by atoms with van der Waals surface area (Å²) in [5, 5.41) is 0. The number of amides is 1. The number of carbonyl (C=O) groups is 1. The molecule has 0 heterocycles. The van der Waals surface area contributed by atoms with Crippen LogP contribution in [0.25, 0.3) is 0 Å². The standard InChI is InChI=1S/C11H15FN2O/c1-8-4-3-5-9(10(8)12)11(15)14(2)7-6-13/h3-5H,6-7,13H2,1-2H3. The second kappa shape index (κ2) is 4.89. The minimum absolute atomic E-state index is 0.103. The van der Waals surface area contributed by atoms with Gasteiger partial charge in [-0.15, -0.1) is 0 Å². The maximum absolute atomic E-state index is 13.6. The highest BCUT2D eigenvalue weighted by molar-refractivity contribution is 5.94. The van der Waals surface area contributed by atoms with Gasteiger partial charge in [0.15, 0.2) is 0 Å². The largest absolute Gasteiger partial charge is 0.340 e. The van der Waals surface area contributed by atoms with E-state index in [4.69, 9.17) is 5.73 Å². The Morgan fingerprint density at radius 1 is 1.53 bits per heavy atom. The molecule has 2 N–H and O–H groups in total. The van der Waals surface area contributed by atoms with E-state index in [0.29, 0.717) is 18.7 Å². The predicted octanol–water partition coefficient (Wildman–Crippen LogP) is 1.16. The van der Waals surface area contributed by atoms with Crippen LogP contribution in [-0.4, -0.2) is 30.9 Å². The van der Waals surface area contributed by atoms with Crippen molar-refractivity contribution in [2.45, 2.75) is 6.92 Å². The van der Waals surface area contributed by atoms with Crippen molar-refractivity contribution in [1.29, 1.82) is 0 Å². The molecule has 3 nitrogen and oxygen atoms in total. The van der Waals surface area contributed by atoms with Crippen LogP contribution in [0.2, 0.25) is 0 Å². The van der Waals surface area contributed by atoms with E-state index < -0.39 is 5.82 Å². The van der Waals surface area contributed by atoms with Crippen molar-refractivity contribution in [2.24, 2.45) is 5.73 Å². The lowest BCUT2D eigenvalue weighted by Gasteiger charge is -2.16. The van der Waals surface area contributed by atoms with Crippen LogP contribution < -0.4 is 5.73 Å². The number of carbonyl (C=O) groups excluding carboxylic acids is 1. The molecule has 82 valence electrons.